The van der Waals surface area contributed by atoms with Gasteiger partial charge in [0.05, 0.1) is 12.3 Å². The molecule has 19 heavy (non-hydrogen) atoms. The van der Waals surface area contributed by atoms with E-state index in [4.69, 9.17) is 4.74 Å². The third-order valence-corrected chi connectivity index (χ3v) is 2.79. The van der Waals surface area contributed by atoms with Crippen LogP contribution in [0.2, 0.25) is 0 Å². The van der Waals surface area contributed by atoms with Crippen LogP contribution < -0.4 is 5.32 Å². The summed E-state index contributed by atoms with van der Waals surface area (Å²) in [5.41, 5.74) is 1.87. The molecule has 2 heterocycles. The fourth-order valence-corrected chi connectivity index (χ4v) is 2.01. The molecule has 0 aliphatic heterocycles. The molecule has 0 unspecified atom stereocenters. The average Bonchev–Trinajstić information content (AvgIpc) is 2.75. The molecule has 0 saturated carbocycles. The van der Waals surface area contributed by atoms with Crippen molar-refractivity contribution in [2.75, 3.05) is 18.5 Å². The molecule has 102 valence electrons. The number of nitrogens with one attached hydrogen (secondary N) is 1. The average molecular weight is 261 g/mol. The molecule has 0 amide bonds. The number of aryl methyl sites for hydroxylation is 1. The van der Waals surface area contributed by atoms with Crippen molar-refractivity contribution in [3.8, 4) is 0 Å². The lowest BCUT2D eigenvalue weighted by Gasteiger charge is -2.07. The van der Waals surface area contributed by atoms with Gasteiger partial charge < -0.3 is 10.1 Å². The van der Waals surface area contributed by atoms with Gasteiger partial charge in [-0.15, -0.1) is 0 Å². The third-order valence-electron chi connectivity index (χ3n) is 2.79. The molecule has 0 spiro atoms. The predicted molar refractivity (Wildman–Crippen MR) is 74.3 cm³/mol. The van der Waals surface area contributed by atoms with Crippen LogP contribution in [-0.2, 0) is 16.0 Å². The number of pyridine rings is 1. The number of aromatic nitrogens is 2. The summed E-state index contributed by atoms with van der Waals surface area (Å²) >= 11 is 0. The minimum atomic E-state index is -0.254. The Morgan fingerprint density at radius 3 is 3.00 bits per heavy atom. The van der Waals surface area contributed by atoms with E-state index < -0.39 is 0 Å². The first kappa shape index (κ1) is 13.4. The highest BCUT2D eigenvalue weighted by atomic mass is 16.5. The molecule has 5 heteroatoms. The lowest BCUT2D eigenvalue weighted by Crippen LogP contribution is -2.18. The fraction of sp³-hybridized carbons (Fsp3) is 0.429. The summed E-state index contributed by atoms with van der Waals surface area (Å²) in [6.45, 7) is 4.47. The number of nitrogens with zero attached hydrogens (tertiary/aromatic N) is 2. The van der Waals surface area contributed by atoms with Gasteiger partial charge in [0, 0.05) is 6.20 Å². The van der Waals surface area contributed by atoms with Crippen molar-refractivity contribution < 1.29 is 9.53 Å². The normalized spacial score (nSPS) is 10.6. The summed E-state index contributed by atoms with van der Waals surface area (Å²) in [7, 11) is 0. The zero-order valence-electron chi connectivity index (χ0n) is 11.3. The molecule has 2 aromatic rings. The molecule has 2 rings (SSSR count). The quantitative estimate of drug-likeness (QED) is 0.810. The molecule has 5 nitrogen and oxygen atoms in total. The van der Waals surface area contributed by atoms with Crippen molar-refractivity contribution >= 4 is 17.4 Å². The van der Waals surface area contributed by atoms with Gasteiger partial charge in [0.25, 0.3) is 0 Å². The zero-order chi connectivity index (χ0) is 13.7. The van der Waals surface area contributed by atoms with Crippen molar-refractivity contribution in [2.45, 2.75) is 26.7 Å². The van der Waals surface area contributed by atoms with Crippen molar-refractivity contribution in [3.05, 3.63) is 30.1 Å². The van der Waals surface area contributed by atoms with Gasteiger partial charge in [-0.05, 0) is 25.5 Å². The Balaban J connectivity index is 2.23. The van der Waals surface area contributed by atoms with Crippen LogP contribution in [-0.4, -0.2) is 28.5 Å². The molecular formula is C14H19N3O2. The van der Waals surface area contributed by atoms with Crippen LogP contribution in [0.1, 0.15) is 26.0 Å². The smallest absolute Gasteiger partial charge is 0.325 e. The van der Waals surface area contributed by atoms with Crippen molar-refractivity contribution in [1.82, 2.24) is 9.38 Å². The molecule has 0 saturated heterocycles. The maximum atomic E-state index is 11.4. The SMILES string of the molecule is CCCc1nc2ccccn2c1NCC(=O)OCC. The van der Waals surface area contributed by atoms with Crippen LogP contribution in [0.4, 0.5) is 5.82 Å². The monoisotopic (exact) mass is 261 g/mol. The molecule has 2 aromatic heterocycles. The standard InChI is InChI=1S/C14H19N3O2/c1-3-7-11-14(15-10-13(18)19-4-2)17-9-6-5-8-12(17)16-11/h5-6,8-9,15H,3-4,7,10H2,1-2H3. The second-order valence-corrected chi connectivity index (χ2v) is 4.24. The number of ether oxygens (including phenoxy) is 1. The second kappa shape index (κ2) is 6.22. The van der Waals surface area contributed by atoms with E-state index in [0.29, 0.717) is 6.61 Å². The van der Waals surface area contributed by atoms with E-state index in [2.05, 4.69) is 17.2 Å². The molecule has 0 fully saturated rings. The topological polar surface area (TPSA) is 55.6 Å². The summed E-state index contributed by atoms with van der Waals surface area (Å²) in [5.74, 6) is 0.626. The molecule has 0 aromatic carbocycles. The molecule has 1 N–H and O–H groups in total. The number of hydrogen-bond acceptors (Lipinski definition) is 4. The Labute approximate surface area is 112 Å². The van der Waals surface area contributed by atoms with Gasteiger partial charge in [-0.3, -0.25) is 9.20 Å². The number of esters is 1. The molecule has 0 aliphatic rings. The Morgan fingerprint density at radius 2 is 2.26 bits per heavy atom. The first-order valence-electron chi connectivity index (χ1n) is 6.61. The predicted octanol–water partition coefficient (Wildman–Crippen LogP) is 2.26. The summed E-state index contributed by atoms with van der Waals surface area (Å²) in [5, 5.41) is 3.13. The van der Waals surface area contributed by atoms with Gasteiger partial charge in [-0.2, -0.15) is 0 Å². The summed E-state index contributed by atoms with van der Waals surface area (Å²) in [6, 6.07) is 5.85. The van der Waals surface area contributed by atoms with Gasteiger partial charge in [0.15, 0.2) is 0 Å². The minimum Gasteiger partial charge on any atom is -0.465 e. The Kier molecular flexibility index (Phi) is 4.39. The fourth-order valence-electron chi connectivity index (χ4n) is 2.01. The van der Waals surface area contributed by atoms with Crippen LogP contribution in [0.5, 0.6) is 0 Å². The molecule has 0 radical (unpaired) electrons. The molecular weight excluding hydrogens is 242 g/mol. The van der Waals surface area contributed by atoms with Crippen LogP contribution in [0.15, 0.2) is 24.4 Å². The van der Waals surface area contributed by atoms with Crippen molar-refractivity contribution in [2.24, 2.45) is 0 Å². The maximum absolute atomic E-state index is 11.4. The summed E-state index contributed by atoms with van der Waals surface area (Å²) < 4.78 is 6.88. The lowest BCUT2D eigenvalue weighted by atomic mass is 10.2. The first-order chi connectivity index (χ1) is 9.26. The number of carbonyl (C=O) groups excluding carboxylic acids is 1. The van der Waals surface area contributed by atoms with Gasteiger partial charge in [-0.25, -0.2) is 4.98 Å². The van der Waals surface area contributed by atoms with Gasteiger partial charge in [0.1, 0.15) is 18.0 Å². The van der Waals surface area contributed by atoms with E-state index >= 15 is 0 Å². The Bertz CT molecular complexity index is 563. The highest BCUT2D eigenvalue weighted by molar-refractivity contribution is 5.75. The number of imidazole rings is 1. The zero-order valence-corrected chi connectivity index (χ0v) is 11.3. The minimum absolute atomic E-state index is 0.160. The summed E-state index contributed by atoms with van der Waals surface area (Å²) in [4.78, 5) is 16.0. The van der Waals surface area contributed by atoms with Crippen LogP contribution in [0.3, 0.4) is 0 Å². The van der Waals surface area contributed by atoms with E-state index in [-0.39, 0.29) is 12.5 Å². The highest BCUT2D eigenvalue weighted by Crippen LogP contribution is 2.19. The van der Waals surface area contributed by atoms with Crippen molar-refractivity contribution in [3.63, 3.8) is 0 Å². The Hall–Kier alpha value is -2.04. The molecule has 0 bridgehead atoms. The van der Waals surface area contributed by atoms with E-state index in [1.165, 1.54) is 0 Å². The van der Waals surface area contributed by atoms with Crippen LogP contribution in [0, 0.1) is 0 Å². The maximum Gasteiger partial charge on any atom is 0.325 e. The Morgan fingerprint density at radius 1 is 1.42 bits per heavy atom. The van der Waals surface area contributed by atoms with E-state index in [1.807, 2.05) is 28.8 Å². The molecule has 0 aliphatic carbocycles. The number of carbonyl (C=O) groups is 1. The van der Waals surface area contributed by atoms with E-state index in [1.54, 1.807) is 6.92 Å². The number of hydrogen-bond donors (Lipinski definition) is 1. The van der Waals surface area contributed by atoms with E-state index in [9.17, 15) is 4.79 Å². The largest absolute Gasteiger partial charge is 0.465 e. The van der Waals surface area contributed by atoms with Crippen molar-refractivity contribution in [1.29, 1.82) is 0 Å². The first-order valence-corrected chi connectivity index (χ1v) is 6.61. The van der Waals surface area contributed by atoms with Gasteiger partial charge in [0.2, 0.25) is 0 Å². The van der Waals surface area contributed by atoms with Crippen LogP contribution in [0.25, 0.3) is 5.65 Å². The number of rotatable bonds is 6. The lowest BCUT2D eigenvalue weighted by molar-refractivity contribution is -0.140. The second-order valence-electron chi connectivity index (χ2n) is 4.24. The van der Waals surface area contributed by atoms with Crippen LogP contribution >= 0.6 is 0 Å². The third kappa shape index (κ3) is 3.05. The number of fused-ring (bicyclic) bond motifs is 1. The van der Waals surface area contributed by atoms with Gasteiger partial charge in [-0.1, -0.05) is 19.4 Å². The molecule has 0 atom stereocenters. The number of anilines is 1. The summed E-state index contributed by atoms with van der Waals surface area (Å²) in [6.07, 6.45) is 3.83. The van der Waals surface area contributed by atoms with E-state index in [0.717, 1.165) is 30.0 Å². The highest BCUT2D eigenvalue weighted by Gasteiger charge is 2.12. The van der Waals surface area contributed by atoms with Gasteiger partial charge >= 0.3 is 5.97 Å².